The van der Waals surface area contributed by atoms with E-state index < -0.39 is 0 Å². The van der Waals surface area contributed by atoms with E-state index in [9.17, 15) is 0 Å². The third kappa shape index (κ3) is 2.64. The van der Waals surface area contributed by atoms with E-state index in [0.717, 1.165) is 10.8 Å². The zero-order valence-electron chi connectivity index (χ0n) is 9.63. The summed E-state index contributed by atoms with van der Waals surface area (Å²) in [7, 11) is 0. The normalized spacial score (nSPS) is 25.2. The highest BCUT2D eigenvalue weighted by atomic mass is 32.2. The van der Waals surface area contributed by atoms with Gasteiger partial charge in [0.05, 0.1) is 10.2 Å². The molecule has 1 heterocycles. The van der Waals surface area contributed by atoms with Gasteiger partial charge in [-0.3, -0.25) is 0 Å². The van der Waals surface area contributed by atoms with Gasteiger partial charge >= 0.3 is 0 Å². The number of rotatable bonds is 2. The van der Waals surface area contributed by atoms with E-state index in [2.05, 4.69) is 29.2 Å². The summed E-state index contributed by atoms with van der Waals surface area (Å²) in [6.07, 6.45) is 4.81. The summed E-state index contributed by atoms with van der Waals surface area (Å²) in [4.78, 5) is 4.68. The van der Waals surface area contributed by atoms with Crippen molar-refractivity contribution in [3.63, 3.8) is 0 Å². The number of aromatic nitrogens is 1. The number of thioether (sulfide) groups is 1. The number of nitrogens with zero attached hydrogens (tertiary/aromatic N) is 1. The van der Waals surface area contributed by atoms with E-state index in [1.807, 2.05) is 23.1 Å². The molecule has 0 saturated heterocycles. The number of thiazole rings is 1. The van der Waals surface area contributed by atoms with E-state index in [0.29, 0.717) is 6.04 Å². The van der Waals surface area contributed by atoms with Gasteiger partial charge < -0.3 is 5.73 Å². The van der Waals surface area contributed by atoms with Gasteiger partial charge in [0.1, 0.15) is 0 Å². The van der Waals surface area contributed by atoms with Crippen LogP contribution in [0.5, 0.6) is 0 Å². The van der Waals surface area contributed by atoms with Crippen molar-refractivity contribution in [2.24, 2.45) is 5.73 Å². The van der Waals surface area contributed by atoms with Gasteiger partial charge in [-0.2, -0.15) is 0 Å². The molecule has 0 atom stereocenters. The quantitative estimate of drug-likeness (QED) is 0.899. The number of para-hydroxylation sites is 1. The third-order valence-corrected chi connectivity index (χ3v) is 5.73. The molecular formula is C13H16N2S2. The Bertz CT molecular complexity index is 468. The predicted molar refractivity (Wildman–Crippen MR) is 75.7 cm³/mol. The highest BCUT2D eigenvalue weighted by Gasteiger charge is 2.20. The highest BCUT2D eigenvalue weighted by Crippen LogP contribution is 2.37. The first kappa shape index (κ1) is 11.5. The van der Waals surface area contributed by atoms with Crippen LogP contribution in [0.3, 0.4) is 0 Å². The SMILES string of the molecule is NC1CCC(Sc2nc3ccccc3s2)CC1. The molecule has 1 aliphatic rings. The van der Waals surface area contributed by atoms with Crippen LogP contribution in [0.1, 0.15) is 25.7 Å². The first-order valence-corrected chi connectivity index (χ1v) is 7.79. The average Bonchev–Trinajstić information content (AvgIpc) is 2.74. The summed E-state index contributed by atoms with van der Waals surface area (Å²) in [5.41, 5.74) is 7.06. The van der Waals surface area contributed by atoms with Gasteiger partial charge in [-0.1, -0.05) is 23.9 Å². The molecule has 2 aromatic rings. The number of hydrogen-bond acceptors (Lipinski definition) is 4. The zero-order chi connectivity index (χ0) is 11.7. The lowest BCUT2D eigenvalue weighted by atomic mass is 9.96. The van der Waals surface area contributed by atoms with Crippen molar-refractivity contribution in [3.05, 3.63) is 24.3 Å². The Kier molecular flexibility index (Phi) is 3.36. The summed E-state index contributed by atoms with van der Waals surface area (Å²) < 4.78 is 2.51. The van der Waals surface area contributed by atoms with Crippen LogP contribution in [-0.2, 0) is 0 Å². The van der Waals surface area contributed by atoms with Gasteiger partial charge in [0.25, 0.3) is 0 Å². The fraction of sp³-hybridized carbons (Fsp3) is 0.462. The van der Waals surface area contributed by atoms with Gasteiger partial charge in [0.2, 0.25) is 0 Å². The molecule has 0 bridgehead atoms. The first-order valence-electron chi connectivity index (χ1n) is 6.09. The Morgan fingerprint density at radius 1 is 1.18 bits per heavy atom. The first-order chi connectivity index (χ1) is 8.31. The summed E-state index contributed by atoms with van der Waals surface area (Å²) >= 11 is 3.76. The summed E-state index contributed by atoms with van der Waals surface area (Å²) in [6.45, 7) is 0. The Morgan fingerprint density at radius 3 is 2.71 bits per heavy atom. The van der Waals surface area contributed by atoms with Crippen LogP contribution in [0, 0.1) is 0 Å². The van der Waals surface area contributed by atoms with Crippen molar-refractivity contribution in [1.29, 1.82) is 0 Å². The summed E-state index contributed by atoms with van der Waals surface area (Å²) in [5, 5.41) is 0.718. The second-order valence-corrected chi connectivity index (χ2v) is 7.18. The smallest absolute Gasteiger partial charge is 0.151 e. The molecule has 1 aromatic heterocycles. The predicted octanol–water partition coefficient (Wildman–Crippen LogP) is 3.66. The lowest BCUT2D eigenvalue weighted by molar-refractivity contribution is 0.451. The molecule has 4 heteroatoms. The summed E-state index contributed by atoms with van der Waals surface area (Å²) in [6, 6.07) is 8.80. The maximum atomic E-state index is 5.93. The van der Waals surface area contributed by atoms with Gasteiger partial charge in [0, 0.05) is 11.3 Å². The molecular weight excluding hydrogens is 248 g/mol. The molecule has 0 radical (unpaired) electrons. The van der Waals surface area contributed by atoms with Gasteiger partial charge in [-0.15, -0.1) is 11.3 Å². The number of hydrogen-bond donors (Lipinski definition) is 1. The number of fused-ring (bicyclic) bond motifs is 1. The second-order valence-electron chi connectivity index (χ2n) is 4.60. The van der Waals surface area contributed by atoms with Crippen molar-refractivity contribution in [2.75, 3.05) is 0 Å². The van der Waals surface area contributed by atoms with Gasteiger partial charge in [-0.05, 0) is 37.8 Å². The van der Waals surface area contributed by atoms with Crippen LogP contribution in [0.2, 0.25) is 0 Å². The highest BCUT2D eigenvalue weighted by molar-refractivity contribution is 8.01. The van der Waals surface area contributed by atoms with E-state index in [1.165, 1.54) is 34.7 Å². The fourth-order valence-electron chi connectivity index (χ4n) is 2.25. The van der Waals surface area contributed by atoms with Crippen LogP contribution < -0.4 is 5.73 Å². The minimum atomic E-state index is 0.433. The second kappa shape index (κ2) is 4.96. The van der Waals surface area contributed by atoms with Crippen molar-refractivity contribution in [3.8, 4) is 0 Å². The van der Waals surface area contributed by atoms with E-state index >= 15 is 0 Å². The monoisotopic (exact) mass is 264 g/mol. The Hall–Kier alpha value is -0.580. The Labute approximate surface area is 110 Å². The average molecular weight is 264 g/mol. The van der Waals surface area contributed by atoms with Crippen LogP contribution in [-0.4, -0.2) is 16.3 Å². The lowest BCUT2D eigenvalue weighted by Crippen LogP contribution is -2.27. The van der Waals surface area contributed by atoms with E-state index in [4.69, 9.17) is 5.73 Å². The standard InChI is InChI=1S/C13H16N2S2/c14-9-5-7-10(8-6-9)16-13-15-11-3-1-2-4-12(11)17-13/h1-4,9-10H,5-8,14H2. The van der Waals surface area contributed by atoms with Gasteiger partial charge in [0.15, 0.2) is 4.34 Å². The molecule has 0 aliphatic heterocycles. The molecule has 17 heavy (non-hydrogen) atoms. The van der Waals surface area contributed by atoms with Crippen molar-refractivity contribution in [2.45, 2.75) is 41.3 Å². The van der Waals surface area contributed by atoms with E-state index in [-0.39, 0.29) is 0 Å². The molecule has 2 nitrogen and oxygen atoms in total. The van der Waals surface area contributed by atoms with Crippen molar-refractivity contribution >= 4 is 33.3 Å². The Morgan fingerprint density at radius 2 is 1.94 bits per heavy atom. The van der Waals surface area contributed by atoms with Crippen LogP contribution >= 0.6 is 23.1 Å². The van der Waals surface area contributed by atoms with Crippen LogP contribution in [0.25, 0.3) is 10.2 Å². The molecule has 2 N–H and O–H groups in total. The number of nitrogens with two attached hydrogens (primary N) is 1. The third-order valence-electron chi connectivity index (χ3n) is 3.26. The molecule has 1 aliphatic carbocycles. The van der Waals surface area contributed by atoms with Crippen molar-refractivity contribution < 1.29 is 0 Å². The molecule has 0 unspecified atom stereocenters. The summed E-state index contributed by atoms with van der Waals surface area (Å²) in [5.74, 6) is 0. The van der Waals surface area contributed by atoms with Crippen LogP contribution in [0.15, 0.2) is 28.6 Å². The molecule has 1 aromatic carbocycles. The molecule has 0 spiro atoms. The Balaban J connectivity index is 1.72. The molecule has 3 rings (SSSR count). The minimum absolute atomic E-state index is 0.433. The van der Waals surface area contributed by atoms with Crippen molar-refractivity contribution in [1.82, 2.24) is 4.98 Å². The number of benzene rings is 1. The lowest BCUT2D eigenvalue weighted by Gasteiger charge is -2.24. The molecule has 1 fully saturated rings. The largest absolute Gasteiger partial charge is 0.328 e. The zero-order valence-corrected chi connectivity index (χ0v) is 11.3. The topological polar surface area (TPSA) is 38.9 Å². The molecule has 90 valence electrons. The van der Waals surface area contributed by atoms with Gasteiger partial charge in [-0.25, -0.2) is 4.98 Å². The van der Waals surface area contributed by atoms with Crippen LogP contribution in [0.4, 0.5) is 0 Å². The molecule has 1 saturated carbocycles. The maximum Gasteiger partial charge on any atom is 0.151 e. The molecule has 0 amide bonds. The fourth-order valence-corrected chi connectivity index (χ4v) is 4.76. The minimum Gasteiger partial charge on any atom is -0.328 e. The maximum absolute atomic E-state index is 5.93. The van der Waals surface area contributed by atoms with E-state index in [1.54, 1.807) is 0 Å².